The van der Waals surface area contributed by atoms with Gasteiger partial charge < -0.3 is 5.32 Å². The molecule has 0 aliphatic carbocycles. The molecule has 0 fully saturated rings. The second kappa shape index (κ2) is 5.38. The predicted molar refractivity (Wildman–Crippen MR) is 63.3 cm³/mol. The molecule has 15 heavy (non-hydrogen) atoms. The number of rotatable bonds is 3. The molecular weight excluding hydrogens is 233 g/mol. The van der Waals surface area contributed by atoms with E-state index in [1.807, 2.05) is 19.1 Å². The number of carbonyl (C=O) groups excluding carboxylic acids is 1. The second-order valence-corrected chi connectivity index (χ2v) is 4.49. The first-order valence-electron chi connectivity index (χ1n) is 4.70. The second-order valence-electron chi connectivity index (χ2n) is 3.40. The van der Waals surface area contributed by atoms with E-state index in [2.05, 4.69) is 5.32 Å². The fraction of sp³-hybridized carbons (Fsp3) is 0.364. The van der Waals surface area contributed by atoms with Gasteiger partial charge >= 0.3 is 0 Å². The van der Waals surface area contributed by atoms with Gasteiger partial charge in [0.05, 0.1) is 6.04 Å². The van der Waals surface area contributed by atoms with E-state index in [0.29, 0.717) is 5.02 Å². The Morgan fingerprint density at radius 2 is 1.80 bits per heavy atom. The molecule has 0 heterocycles. The van der Waals surface area contributed by atoms with E-state index < -0.39 is 5.38 Å². The van der Waals surface area contributed by atoms with Gasteiger partial charge in [-0.25, -0.2) is 0 Å². The van der Waals surface area contributed by atoms with Gasteiger partial charge in [0.25, 0.3) is 0 Å². The molecule has 0 aromatic heterocycles. The Bertz CT molecular complexity index is 335. The lowest BCUT2D eigenvalue weighted by Crippen LogP contribution is -2.31. The first kappa shape index (κ1) is 12.3. The molecule has 2 atom stereocenters. The van der Waals surface area contributed by atoms with Gasteiger partial charge in [0, 0.05) is 5.02 Å². The van der Waals surface area contributed by atoms with Crippen LogP contribution in [-0.2, 0) is 4.79 Å². The maximum Gasteiger partial charge on any atom is 0.238 e. The first-order chi connectivity index (χ1) is 7.00. The van der Waals surface area contributed by atoms with Crippen LogP contribution in [0, 0.1) is 0 Å². The van der Waals surface area contributed by atoms with Crippen LogP contribution < -0.4 is 5.32 Å². The minimum Gasteiger partial charge on any atom is -0.348 e. The monoisotopic (exact) mass is 245 g/mol. The van der Waals surface area contributed by atoms with E-state index in [4.69, 9.17) is 23.2 Å². The first-order valence-corrected chi connectivity index (χ1v) is 5.52. The maximum atomic E-state index is 11.3. The lowest BCUT2D eigenvalue weighted by atomic mass is 10.1. The molecule has 0 bridgehead atoms. The van der Waals surface area contributed by atoms with E-state index in [-0.39, 0.29) is 11.9 Å². The van der Waals surface area contributed by atoms with Crippen molar-refractivity contribution in [3.63, 3.8) is 0 Å². The summed E-state index contributed by atoms with van der Waals surface area (Å²) in [7, 11) is 0. The number of carbonyl (C=O) groups is 1. The normalized spacial score (nSPS) is 14.4. The smallest absolute Gasteiger partial charge is 0.238 e. The lowest BCUT2D eigenvalue weighted by molar-refractivity contribution is -0.121. The topological polar surface area (TPSA) is 29.1 Å². The maximum absolute atomic E-state index is 11.3. The van der Waals surface area contributed by atoms with Crippen molar-refractivity contribution in [3.05, 3.63) is 34.9 Å². The fourth-order valence-electron chi connectivity index (χ4n) is 1.16. The molecule has 2 nitrogen and oxygen atoms in total. The zero-order chi connectivity index (χ0) is 11.4. The van der Waals surface area contributed by atoms with Crippen LogP contribution in [0.25, 0.3) is 0 Å². The zero-order valence-corrected chi connectivity index (χ0v) is 10.1. The molecule has 4 heteroatoms. The third kappa shape index (κ3) is 3.73. The van der Waals surface area contributed by atoms with Crippen LogP contribution in [0.2, 0.25) is 5.02 Å². The van der Waals surface area contributed by atoms with E-state index >= 15 is 0 Å². The van der Waals surface area contributed by atoms with Crippen LogP contribution in [0.15, 0.2) is 24.3 Å². The molecule has 1 amide bonds. The van der Waals surface area contributed by atoms with Crippen LogP contribution in [-0.4, -0.2) is 11.3 Å². The predicted octanol–water partition coefficient (Wildman–Crippen LogP) is 3.14. The Hall–Kier alpha value is -0.730. The SMILES string of the molecule is CC(Cl)C(=O)N[C@@H](C)c1ccc(Cl)cc1. The van der Waals surface area contributed by atoms with Crippen molar-refractivity contribution in [2.24, 2.45) is 0 Å². The third-order valence-electron chi connectivity index (χ3n) is 2.09. The molecule has 0 aliphatic heterocycles. The number of hydrogen-bond donors (Lipinski definition) is 1. The molecule has 1 N–H and O–H groups in total. The molecule has 1 rings (SSSR count). The van der Waals surface area contributed by atoms with Gasteiger partial charge in [-0.05, 0) is 31.5 Å². The quantitative estimate of drug-likeness (QED) is 0.815. The summed E-state index contributed by atoms with van der Waals surface area (Å²) >= 11 is 11.4. The van der Waals surface area contributed by atoms with E-state index in [0.717, 1.165) is 5.56 Å². The van der Waals surface area contributed by atoms with E-state index in [1.165, 1.54) is 0 Å². The molecular formula is C11H13Cl2NO. The summed E-state index contributed by atoms with van der Waals surface area (Å²) in [6, 6.07) is 7.29. The highest BCUT2D eigenvalue weighted by Crippen LogP contribution is 2.16. The minimum atomic E-state index is -0.514. The van der Waals surface area contributed by atoms with Crippen LogP contribution >= 0.6 is 23.2 Å². The lowest BCUT2D eigenvalue weighted by Gasteiger charge is -2.15. The highest BCUT2D eigenvalue weighted by Gasteiger charge is 2.13. The number of amides is 1. The van der Waals surface area contributed by atoms with Crippen molar-refractivity contribution in [3.8, 4) is 0 Å². The molecule has 82 valence electrons. The number of nitrogens with one attached hydrogen (secondary N) is 1. The fourth-order valence-corrected chi connectivity index (χ4v) is 1.35. The van der Waals surface area contributed by atoms with Crippen molar-refractivity contribution < 1.29 is 4.79 Å². The Morgan fingerprint density at radius 1 is 1.27 bits per heavy atom. The van der Waals surface area contributed by atoms with Crippen LogP contribution in [0.1, 0.15) is 25.5 Å². The Balaban J connectivity index is 2.65. The zero-order valence-electron chi connectivity index (χ0n) is 8.63. The van der Waals surface area contributed by atoms with Gasteiger partial charge in [-0.1, -0.05) is 23.7 Å². The van der Waals surface area contributed by atoms with Crippen LogP contribution in [0.4, 0.5) is 0 Å². The molecule has 0 aliphatic rings. The summed E-state index contributed by atoms with van der Waals surface area (Å²) < 4.78 is 0. The van der Waals surface area contributed by atoms with Crippen molar-refractivity contribution in [2.45, 2.75) is 25.3 Å². The molecule has 0 spiro atoms. The minimum absolute atomic E-state index is 0.0593. The summed E-state index contributed by atoms with van der Waals surface area (Å²) in [5.41, 5.74) is 1.00. The molecule has 0 radical (unpaired) electrons. The van der Waals surface area contributed by atoms with Gasteiger partial charge in [-0.3, -0.25) is 4.79 Å². The molecule has 0 saturated heterocycles. The highest BCUT2D eigenvalue weighted by atomic mass is 35.5. The summed E-state index contributed by atoms with van der Waals surface area (Å²) in [5, 5.41) is 2.97. The van der Waals surface area contributed by atoms with Crippen molar-refractivity contribution in [1.82, 2.24) is 5.32 Å². The Morgan fingerprint density at radius 3 is 2.27 bits per heavy atom. The van der Waals surface area contributed by atoms with Gasteiger partial charge in [-0.15, -0.1) is 11.6 Å². The number of halogens is 2. The van der Waals surface area contributed by atoms with Crippen LogP contribution in [0.3, 0.4) is 0 Å². The van der Waals surface area contributed by atoms with Crippen molar-refractivity contribution in [1.29, 1.82) is 0 Å². The highest BCUT2D eigenvalue weighted by molar-refractivity contribution is 6.30. The Labute approximate surface area is 99.6 Å². The van der Waals surface area contributed by atoms with E-state index in [9.17, 15) is 4.79 Å². The van der Waals surface area contributed by atoms with Crippen LogP contribution in [0.5, 0.6) is 0 Å². The van der Waals surface area contributed by atoms with Gasteiger partial charge in [0.15, 0.2) is 0 Å². The summed E-state index contributed by atoms with van der Waals surface area (Å²) in [6.07, 6.45) is 0. The molecule has 1 aromatic rings. The Kier molecular flexibility index (Phi) is 4.43. The average Bonchev–Trinajstić information content (AvgIpc) is 2.18. The van der Waals surface area contributed by atoms with Gasteiger partial charge in [0.2, 0.25) is 5.91 Å². The average molecular weight is 246 g/mol. The van der Waals surface area contributed by atoms with Crippen molar-refractivity contribution in [2.75, 3.05) is 0 Å². The number of alkyl halides is 1. The summed E-state index contributed by atoms with van der Waals surface area (Å²) in [6.45, 7) is 3.55. The largest absolute Gasteiger partial charge is 0.348 e. The van der Waals surface area contributed by atoms with Gasteiger partial charge in [-0.2, -0.15) is 0 Å². The summed E-state index contributed by atoms with van der Waals surface area (Å²) in [5.74, 6) is -0.167. The third-order valence-corrected chi connectivity index (χ3v) is 2.54. The number of benzene rings is 1. The molecule has 1 unspecified atom stereocenters. The van der Waals surface area contributed by atoms with E-state index in [1.54, 1.807) is 19.1 Å². The molecule has 1 aromatic carbocycles. The standard InChI is InChI=1S/C11H13Cl2NO/c1-7(12)11(15)14-8(2)9-3-5-10(13)6-4-9/h3-8H,1-2H3,(H,14,15)/t7?,8-/m0/s1. The van der Waals surface area contributed by atoms with Gasteiger partial charge in [0.1, 0.15) is 5.38 Å². The van der Waals surface area contributed by atoms with Crippen molar-refractivity contribution >= 4 is 29.1 Å². The summed E-state index contributed by atoms with van der Waals surface area (Å²) in [4.78, 5) is 11.3. The molecule has 0 saturated carbocycles. The number of hydrogen-bond acceptors (Lipinski definition) is 1.